The summed E-state index contributed by atoms with van der Waals surface area (Å²) in [5.74, 6) is 0.555. The normalized spacial score (nSPS) is 21.1. The van der Waals surface area contributed by atoms with E-state index in [1.54, 1.807) is 19.2 Å². The minimum atomic E-state index is -0.274. The number of nitrogens with one attached hydrogen (secondary N) is 1. The fourth-order valence-corrected chi connectivity index (χ4v) is 5.37. The van der Waals surface area contributed by atoms with Crippen LogP contribution in [0.25, 0.3) is 11.1 Å². The van der Waals surface area contributed by atoms with Gasteiger partial charge in [0.2, 0.25) is 0 Å². The second-order valence-electron chi connectivity index (χ2n) is 8.89. The Bertz CT molecular complexity index is 1180. The predicted molar refractivity (Wildman–Crippen MR) is 131 cm³/mol. The molecule has 0 aliphatic carbocycles. The Morgan fingerprint density at radius 1 is 1.09 bits per heavy atom. The number of likely N-dealkylation sites (tertiary alicyclic amines) is 1. The average molecular weight is 462 g/mol. The van der Waals surface area contributed by atoms with E-state index in [1.165, 1.54) is 12.1 Å². The van der Waals surface area contributed by atoms with Gasteiger partial charge in [0.15, 0.2) is 0 Å². The molecule has 1 fully saturated rings. The smallest absolute Gasteiger partial charge is 0.322 e. The van der Waals surface area contributed by atoms with E-state index >= 15 is 0 Å². The largest absolute Gasteiger partial charge is 0.497 e. The van der Waals surface area contributed by atoms with Crippen LogP contribution in [0.1, 0.15) is 18.0 Å². The number of nitrogens with zero attached hydrogens (tertiary/aromatic N) is 2. The van der Waals surface area contributed by atoms with Gasteiger partial charge in [-0.3, -0.25) is 0 Å². The number of carbonyl (C=O) groups excluding carboxylic acids is 1. The zero-order chi connectivity index (χ0) is 23.8. The highest BCUT2D eigenvalue weighted by atomic mass is 19.1. The molecule has 3 atom stereocenters. The number of aliphatic hydroxyl groups is 1. The predicted octanol–water partition coefficient (Wildman–Crippen LogP) is 4.91. The molecule has 3 aromatic carbocycles. The van der Waals surface area contributed by atoms with Gasteiger partial charge in [-0.2, -0.15) is 0 Å². The number of ether oxygens (including phenoxy) is 1. The number of benzene rings is 3. The van der Waals surface area contributed by atoms with Gasteiger partial charge in [-0.15, -0.1) is 0 Å². The average Bonchev–Trinajstić information content (AvgIpc) is 3.30. The van der Waals surface area contributed by atoms with E-state index < -0.39 is 0 Å². The van der Waals surface area contributed by atoms with Crippen molar-refractivity contribution in [3.05, 3.63) is 78.1 Å². The third-order valence-corrected chi connectivity index (χ3v) is 7.13. The van der Waals surface area contributed by atoms with Crippen molar-refractivity contribution in [3.8, 4) is 16.9 Å². The van der Waals surface area contributed by atoms with Crippen LogP contribution in [0, 0.1) is 11.7 Å². The van der Waals surface area contributed by atoms with Gasteiger partial charge in [0.25, 0.3) is 0 Å². The standard InChI is InChI=1S/C27H28FN3O3/c1-30-24-12-5-18(17-3-6-19(28)7-4-17)15-23(24)26-22(25(30)16-32)13-14-31(26)27(33)29-20-8-10-21(34-2)11-9-20/h3-12,15,22,25-26,32H,13-14,16H2,1-2H3,(H,29,33)/t22-,25+,26-/m0/s1. The number of carbonyl (C=O) groups is 1. The number of aliphatic hydroxyl groups excluding tert-OH is 1. The number of hydrogen-bond donors (Lipinski definition) is 2. The number of urea groups is 1. The quantitative estimate of drug-likeness (QED) is 0.580. The summed E-state index contributed by atoms with van der Waals surface area (Å²) in [4.78, 5) is 17.4. The Morgan fingerprint density at radius 3 is 2.47 bits per heavy atom. The van der Waals surface area contributed by atoms with E-state index in [9.17, 15) is 14.3 Å². The zero-order valence-electron chi connectivity index (χ0n) is 19.2. The molecule has 2 N–H and O–H groups in total. The van der Waals surface area contributed by atoms with E-state index in [0.29, 0.717) is 12.2 Å². The number of amides is 2. The maximum Gasteiger partial charge on any atom is 0.322 e. The Kier molecular flexibility index (Phi) is 5.87. The number of hydrogen-bond acceptors (Lipinski definition) is 4. The van der Waals surface area contributed by atoms with Gasteiger partial charge >= 0.3 is 6.03 Å². The van der Waals surface area contributed by atoms with Gasteiger partial charge in [-0.25, -0.2) is 9.18 Å². The van der Waals surface area contributed by atoms with Crippen LogP contribution in [0.15, 0.2) is 66.7 Å². The van der Waals surface area contributed by atoms with Crippen LogP contribution in [0.4, 0.5) is 20.6 Å². The Morgan fingerprint density at radius 2 is 1.79 bits per heavy atom. The molecule has 3 aromatic rings. The topological polar surface area (TPSA) is 65.0 Å². The molecule has 34 heavy (non-hydrogen) atoms. The van der Waals surface area contributed by atoms with Gasteiger partial charge in [0.05, 0.1) is 25.8 Å². The van der Waals surface area contributed by atoms with Crippen LogP contribution < -0.4 is 15.0 Å². The molecule has 176 valence electrons. The van der Waals surface area contributed by atoms with Crippen LogP contribution in [-0.2, 0) is 0 Å². The Hall–Kier alpha value is -3.58. The lowest BCUT2D eigenvalue weighted by molar-refractivity contribution is 0.168. The van der Waals surface area contributed by atoms with Crippen molar-refractivity contribution in [3.63, 3.8) is 0 Å². The third kappa shape index (κ3) is 3.86. The number of anilines is 2. The first-order valence-corrected chi connectivity index (χ1v) is 11.5. The van der Waals surface area contributed by atoms with Crippen molar-refractivity contribution in [2.45, 2.75) is 18.5 Å². The van der Waals surface area contributed by atoms with Crippen molar-refractivity contribution < 1.29 is 19.0 Å². The lowest BCUT2D eigenvalue weighted by Gasteiger charge is -2.44. The first-order chi connectivity index (χ1) is 16.5. The van der Waals surface area contributed by atoms with Gasteiger partial charge in [0.1, 0.15) is 11.6 Å². The molecule has 0 spiro atoms. The fraction of sp³-hybridized carbons (Fsp3) is 0.296. The molecule has 2 amide bonds. The molecular weight excluding hydrogens is 433 g/mol. The van der Waals surface area contributed by atoms with Crippen molar-refractivity contribution in [1.82, 2.24) is 4.90 Å². The fourth-order valence-electron chi connectivity index (χ4n) is 5.37. The number of methoxy groups -OCH3 is 1. The maximum atomic E-state index is 13.5. The monoisotopic (exact) mass is 461 g/mol. The maximum absolute atomic E-state index is 13.5. The molecule has 2 heterocycles. The van der Waals surface area contributed by atoms with Crippen LogP contribution in [0.5, 0.6) is 5.75 Å². The number of fused-ring (bicyclic) bond motifs is 3. The summed E-state index contributed by atoms with van der Waals surface area (Å²) in [6.45, 7) is 0.618. The van der Waals surface area contributed by atoms with E-state index in [1.807, 2.05) is 48.3 Å². The van der Waals surface area contributed by atoms with Crippen LogP contribution >= 0.6 is 0 Å². The van der Waals surface area contributed by atoms with Gasteiger partial charge < -0.3 is 25.0 Å². The first-order valence-electron chi connectivity index (χ1n) is 11.5. The summed E-state index contributed by atoms with van der Waals surface area (Å²) in [6.07, 6.45) is 0.802. The van der Waals surface area contributed by atoms with E-state index in [0.717, 1.165) is 34.5 Å². The van der Waals surface area contributed by atoms with Crippen LogP contribution in [0.2, 0.25) is 0 Å². The molecule has 0 unspecified atom stereocenters. The third-order valence-electron chi connectivity index (χ3n) is 7.13. The van der Waals surface area contributed by atoms with Gasteiger partial charge in [-0.1, -0.05) is 18.2 Å². The van der Waals surface area contributed by atoms with Crippen molar-refractivity contribution in [2.75, 3.05) is 37.5 Å². The molecule has 5 rings (SSSR count). The molecule has 0 radical (unpaired) electrons. The Labute approximate surface area is 198 Å². The highest BCUT2D eigenvalue weighted by molar-refractivity contribution is 5.90. The van der Waals surface area contributed by atoms with Crippen molar-refractivity contribution in [1.29, 1.82) is 0 Å². The van der Waals surface area contributed by atoms with E-state index in [2.05, 4.69) is 16.3 Å². The minimum absolute atomic E-state index is 0.0186. The number of likely N-dealkylation sites (N-methyl/N-ethyl adjacent to an activating group) is 1. The first kappa shape index (κ1) is 22.2. The molecule has 0 bridgehead atoms. The molecule has 0 aromatic heterocycles. The molecule has 2 aliphatic heterocycles. The molecule has 6 nitrogen and oxygen atoms in total. The van der Waals surface area contributed by atoms with Gasteiger partial charge in [-0.05, 0) is 71.6 Å². The SMILES string of the molecule is COc1ccc(NC(=O)N2CC[C@@H]3[C@H]2c2cc(-c4ccc(F)cc4)ccc2N(C)[C@@H]3CO)cc1. The summed E-state index contributed by atoms with van der Waals surface area (Å²) in [5.41, 5.74) is 4.62. The van der Waals surface area contributed by atoms with Crippen LogP contribution in [0.3, 0.4) is 0 Å². The Balaban J connectivity index is 1.50. The van der Waals surface area contributed by atoms with Crippen molar-refractivity contribution in [2.24, 2.45) is 5.92 Å². The van der Waals surface area contributed by atoms with E-state index in [-0.39, 0.29) is 36.5 Å². The molecule has 1 saturated heterocycles. The van der Waals surface area contributed by atoms with Crippen LogP contribution in [-0.4, -0.2) is 49.4 Å². The highest BCUT2D eigenvalue weighted by Gasteiger charge is 2.47. The summed E-state index contributed by atoms with van der Waals surface area (Å²) in [6, 6.07) is 19.4. The summed E-state index contributed by atoms with van der Waals surface area (Å²) in [5, 5.41) is 13.2. The molecule has 2 aliphatic rings. The highest BCUT2D eigenvalue weighted by Crippen LogP contribution is 2.49. The summed E-state index contributed by atoms with van der Waals surface area (Å²) < 4.78 is 18.7. The molecular formula is C27H28FN3O3. The number of rotatable bonds is 4. The minimum Gasteiger partial charge on any atom is -0.497 e. The lowest BCUT2D eigenvalue weighted by atomic mass is 9.81. The summed E-state index contributed by atoms with van der Waals surface area (Å²) >= 11 is 0. The second kappa shape index (κ2) is 8.99. The number of halogens is 1. The second-order valence-corrected chi connectivity index (χ2v) is 8.89. The van der Waals surface area contributed by atoms with E-state index in [4.69, 9.17) is 4.74 Å². The molecule has 0 saturated carbocycles. The lowest BCUT2D eigenvalue weighted by Crippen LogP contribution is -2.48. The van der Waals surface area contributed by atoms with Crippen molar-refractivity contribution >= 4 is 17.4 Å². The van der Waals surface area contributed by atoms with Gasteiger partial charge in [0, 0.05) is 30.9 Å². The zero-order valence-corrected chi connectivity index (χ0v) is 19.2. The summed E-state index contributed by atoms with van der Waals surface area (Å²) in [7, 11) is 3.60. The molecule has 7 heteroatoms.